The first-order valence-corrected chi connectivity index (χ1v) is 6.12. The monoisotopic (exact) mass is 210 g/mol. The SMILES string of the molecule is Cc1ccsc1CN1CCN[C@H](C)C1. The molecule has 0 amide bonds. The lowest BCUT2D eigenvalue weighted by Gasteiger charge is -2.31. The molecule has 0 aliphatic carbocycles. The molecule has 2 nitrogen and oxygen atoms in total. The minimum Gasteiger partial charge on any atom is -0.312 e. The Morgan fingerprint density at radius 1 is 1.64 bits per heavy atom. The van der Waals surface area contributed by atoms with Gasteiger partial charge in [-0.25, -0.2) is 0 Å². The van der Waals surface area contributed by atoms with Crippen molar-refractivity contribution in [1.82, 2.24) is 10.2 Å². The van der Waals surface area contributed by atoms with Crippen LogP contribution in [0.4, 0.5) is 0 Å². The summed E-state index contributed by atoms with van der Waals surface area (Å²) in [6.07, 6.45) is 0. The molecule has 1 atom stereocenters. The van der Waals surface area contributed by atoms with Crippen molar-refractivity contribution < 1.29 is 0 Å². The van der Waals surface area contributed by atoms with Crippen molar-refractivity contribution in [3.63, 3.8) is 0 Å². The highest BCUT2D eigenvalue weighted by Crippen LogP contribution is 2.18. The Bertz CT molecular complexity index is 295. The molecule has 0 bridgehead atoms. The standard InChI is InChI=1S/C11H18N2S/c1-9-3-6-14-11(9)8-13-5-4-12-10(2)7-13/h3,6,10,12H,4-5,7-8H2,1-2H3/t10-/m1/s1. The first-order chi connectivity index (χ1) is 6.75. The molecular formula is C11H18N2S. The van der Waals surface area contributed by atoms with Crippen LogP contribution in [-0.4, -0.2) is 30.6 Å². The van der Waals surface area contributed by atoms with Gasteiger partial charge in [-0.15, -0.1) is 11.3 Å². The molecule has 78 valence electrons. The zero-order chi connectivity index (χ0) is 9.97. The van der Waals surface area contributed by atoms with Gasteiger partial charge in [-0.2, -0.15) is 0 Å². The second-order valence-corrected chi connectivity index (χ2v) is 5.12. The van der Waals surface area contributed by atoms with E-state index in [9.17, 15) is 0 Å². The summed E-state index contributed by atoms with van der Waals surface area (Å²) in [6, 6.07) is 2.86. The van der Waals surface area contributed by atoms with E-state index in [0.29, 0.717) is 6.04 Å². The second kappa shape index (κ2) is 4.43. The molecule has 0 spiro atoms. The molecule has 0 aromatic carbocycles. The smallest absolute Gasteiger partial charge is 0.0331 e. The van der Waals surface area contributed by atoms with Crippen molar-refractivity contribution in [1.29, 1.82) is 0 Å². The van der Waals surface area contributed by atoms with Crippen molar-refractivity contribution >= 4 is 11.3 Å². The van der Waals surface area contributed by atoms with E-state index in [1.54, 1.807) is 0 Å². The predicted octanol–water partition coefficient (Wildman–Crippen LogP) is 1.85. The zero-order valence-corrected chi connectivity index (χ0v) is 9.73. The van der Waals surface area contributed by atoms with E-state index >= 15 is 0 Å². The summed E-state index contributed by atoms with van der Waals surface area (Å²) in [6.45, 7) is 9.09. The topological polar surface area (TPSA) is 15.3 Å². The second-order valence-electron chi connectivity index (χ2n) is 4.12. The third kappa shape index (κ3) is 2.35. The van der Waals surface area contributed by atoms with Gasteiger partial charge in [-0.3, -0.25) is 4.90 Å². The number of nitrogens with one attached hydrogen (secondary N) is 1. The lowest BCUT2D eigenvalue weighted by Crippen LogP contribution is -2.48. The first-order valence-electron chi connectivity index (χ1n) is 5.24. The highest BCUT2D eigenvalue weighted by molar-refractivity contribution is 7.10. The summed E-state index contributed by atoms with van der Waals surface area (Å²) < 4.78 is 0. The molecule has 1 fully saturated rings. The molecule has 2 heterocycles. The fourth-order valence-corrected chi connectivity index (χ4v) is 2.87. The Hall–Kier alpha value is -0.380. The van der Waals surface area contributed by atoms with Crippen molar-refractivity contribution in [2.45, 2.75) is 26.4 Å². The van der Waals surface area contributed by atoms with E-state index in [4.69, 9.17) is 0 Å². The number of nitrogens with zero attached hydrogens (tertiary/aromatic N) is 1. The Morgan fingerprint density at radius 2 is 2.50 bits per heavy atom. The number of aryl methyl sites for hydroxylation is 1. The van der Waals surface area contributed by atoms with Gasteiger partial charge in [0.05, 0.1) is 0 Å². The molecule has 1 aliphatic heterocycles. The van der Waals surface area contributed by atoms with Crippen LogP contribution in [0, 0.1) is 6.92 Å². The summed E-state index contributed by atoms with van der Waals surface area (Å²) in [5, 5.41) is 5.66. The predicted molar refractivity (Wildman–Crippen MR) is 61.8 cm³/mol. The maximum atomic E-state index is 3.47. The van der Waals surface area contributed by atoms with Crippen molar-refractivity contribution in [3.8, 4) is 0 Å². The maximum Gasteiger partial charge on any atom is 0.0331 e. The molecule has 0 radical (unpaired) electrons. The minimum atomic E-state index is 0.643. The molecule has 1 saturated heterocycles. The van der Waals surface area contributed by atoms with Crippen LogP contribution >= 0.6 is 11.3 Å². The molecule has 1 N–H and O–H groups in total. The van der Waals surface area contributed by atoms with Gasteiger partial charge in [0.2, 0.25) is 0 Å². The molecule has 14 heavy (non-hydrogen) atoms. The first kappa shape index (κ1) is 10.1. The van der Waals surface area contributed by atoms with Crippen LogP contribution in [0.15, 0.2) is 11.4 Å². The fraction of sp³-hybridized carbons (Fsp3) is 0.636. The molecule has 2 rings (SSSR count). The van der Waals surface area contributed by atoms with Crippen LogP contribution in [0.2, 0.25) is 0 Å². The summed E-state index contributed by atoms with van der Waals surface area (Å²) in [4.78, 5) is 4.07. The van der Waals surface area contributed by atoms with Crippen LogP contribution in [0.25, 0.3) is 0 Å². The van der Waals surface area contributed by atoms with Crippen LogP contribution in [0.3, 0.4) is 0 Å². The summed E-state index contributed by atoms with van der Waals surface area (Å²) >= 11 is 1.88. The van der Waals surface area contributed by atoms with E-state index in [-0.39, 0.29) is 0 Å². The molecule has 1 aromatic rings. The van der Waals surface area contributed by atoms with Crippen molar-refractivity contribution in [2.75, 3.05) is 19.6 Å². The average molecular weight is 210 g/mol. The van der Waals surface area contributed by atoms with Crippen LogP contribution < -0.4 is 5.32 Å². The number of hydrogen-bond acceptors (Lipinski definition) is 3. The van der Waals surface area contributed by atoms with Gasteiger partial charge in [0.15, 0.2) is 0 Å². The van der Waals surface area contributed by atoms with Gasteiger partial charge in [0.1, 0.15) is 0 Å². The van der Waals surface area contributed by atoms with Gasteiger partial charge in [0, 0.05) is 37.1 Å². The van der Waals surface area contributed by atoms with Crippen molar-refractivity contribution in [2.24, 2.45) is 0 Å². The lowest BCUT2D eigenvalue weighted by molar-refractivity contribution is 0.201. The highest BCUT2D eigenvalue weighted by atomic mass is 32.1. The Balaban J connectivity index is 1.94. The Kier molecular flexibility index (Phi) is 3.21. The van der Waals surface area contributed by atoms with E-state index in [0.717, 1.165) is 13.1 Å². The largest absolute Gasteiger partial charge is 0.312 e. The molecular weight excluding hydrogens is 192 g/mol. The number of piperazine rings is 1. The van der Waals surface area contributed by atoms with E-state index in [1.807, 2.05) is 11.3 Å². The summed E-state index contributed by atoms with van der Waals surface area (Å²) in [5.74, 6) is 0. The quantitative estimate of drug-likeness (QED) is 0.801. The van der Waals surface area contributed by atoms with Crippen LogP contribution in [0.1, 0.15) is 17.4 Å². The zero-order valence-electron chi connectivity index (χ0n) is 8.92. The number of rotatable bonds is 2. The summed E-state index contributed by atoms with van der Waals surface area (Å²) in [5.41, 5.74) is 1.45. The lowest BCUT2D eigenvalue weighted by atomic mass is 10.2. The number of hydrogen-bond donors (Lipinski definition) is 1. The molecule has 1 aromatic heterocycles. The molecule has 0 unspecified atom stereocenters. The molecule has 3 heteroatoms. The third-order valence-electron chi connectivity index (χ3n) is 2.79. The van der Waals surface area contributed by atoms with E-state index < -0.39 is 0 Å². The Morgan fingerprint density at radius 3 is 3.14 bits per heavy atom. The van der Waals surface area contributed by atoms with Gasteiger partial charge in [-0.05, 0) is 30.9 Å². The van der Waals surface area contributed by atoms with E-state index in [2.05, 4.69) is 35.5 Å². The molecule has 0 saturated carbocycles. The third-order valence-corrected chi connectivity index (χ3v) is 3.80. The fourth-order valence-electron chi connectivity index (χ4n) is 1.92. The minimum absolute atomic E-state index is 0.643. The van der Waals surface area contributed by atoms with Gasteiger partial charge in [-0.1, -0.05) is 0 Å². The van der Waals surface area contributed by atoms with Gasteiger partial charge < -0.3 is 5.32 Å². The normalized spacial score (nSPS) is 24.0. The number of thiophene rings is 1. The molecule has 1 aliphatic rings. The Labute approximate surface area is 89.9 Å². The van der Waals surface area contributed by atoms with E-state index in [1.165, 1.54) is 23.5 Å². The van der Waals surface area contributed by atoms with Gasteiger partial charge >= 0.3 is 0 Å². The van der Waals surface area contributed by atoms with Crippen molar-refractivity contribution in [3.05, 3.63) is 21.9 Å². The highest BCUT2D eigenvalue weighted by Gasteiger charge is 2.16. The summed E-state index contributed by atoms with van der Waals surface area (Å²) in [7, 11) is 0. The maximum absolute atomic E-state index is 3.47. The van der Waals surface area contributed by atoms with Gasteiger partial charge in [0.25, 0.3) is 0 Å². The average Bonchev–Trinajstić information content (AvgIpc) is 2.52. The van der Waals surface area contributed by atoms with Crippen LogP contribution in [0.5, 0.6) is 0 Å². The van der Waals surface area contributed by atoms with Crippen LogP contribution in [-0.2, 0) is 6.54 Å².